The van der Waals surface area contributed by atoms with E-state index in [0.717, 1.165) is 16.5 Å². The SMILES string of the molecule is CC(C)Oc1cnn(-c2ccc(Cl)cc2)c1. The van der Waals surface area contributed by atoms with Crippen LogP contribution in [0.3, 0.4) is 0 Å². The Morgan fingerprint density at radius 3 is 2.56 bits per heavy atom. The quantitative estimate of drug-likeness (QED) is 0.818. The lowest BCUT2D eigenvalue weighted by Gasteiger charge is -2.05. The van der Waals surface area contributed by atoms with E-state index in [2.05, 4.69) is 5.10 Å². The van der Waals surface area contributed by atoms with Gasteiger partial charge in [0.15, 0.2) is 5.75 Å². The molecule has 0 spiro atoms. The first kappa shape index (κ1) is 11.0. The maximum Gasteiger partial charge on any atom is 0.158 e. The molecule has 1 aromatic heterocycles. The van der Waals surface area contributed by atoms with Gasteiger partial charge in [0.2, 0.25) is 0 Å². The number of rotatable bonds is 3. The van der Waals surface area contributed by atoms with Crippen molar-refractivity contribution in [3.05, 3.63) is 41.7 Å². The highest BCUT2D eigenvalue weighted by Gasteiger charge is 2.03. The van der Waals surface area contributed by atoms with Crippen molar-refractivity contribution in [2.24, 2.45) is 0 Å². The Morgan fingerprint density at radius 1 is 1.25 bits per heavy atom. The number of benzene rings is 1. The zero-order valence-electron chi connectivity index (χ0n) is 9.22. The first-order valence-electron chi connectivity index (χ1n) is 5.12. The lowest BCUT2D eigenvalue weighted by Crippen LogP contribution is -2.04. The van der Waals surface area contributed by atoms with Crippen molar-refractivity contribution in [2.75, 3.05) is 0 Å². The van der Waals surface area contributed by atoms with Gasteiger partial charge in [-0.05, 0) is 38.1 Å². The summed E-state index contributed by atoms with van der Waals surface area (Å²) in [5, 5.41) is 4.93. The molecule has 0 aliphatic heterocycles. The number of halogens is 1. The first-order chi connectivity index (χ1) is 7.65. The Kier molecular flexibility index (Phi) is 3.15. The number of aromatic nitrogens is 2. The molecule has 0 amide bonds. The largest absolute Gasteiger partial charge is 0.488 e. The zero-order chi connectivity index (χ0) is 11.5. The van der Waals surface area contributed by atoms with Crippen LogP contribution in [0.4, 0.5) is 0 Å². The Balaban J connectivity index is 2.21. The van der Waals surface area contributed by atoms with Crippen molar-refractivity contribution >= 4 is 11.6 Å². The number of ether oxygens (including phenoxy) is 1. The number of nitrogens with zero attached hydrogens (tertiary/aromatic N) is 2. The third kappa shape index (κ3) is 2.55. The minimum Gasteiger partial charge on any atom is -0.488 e. The van der Waals surface area contributed by atoms with Crippen molar-refractivity contribution in [2.45, 2.75) is 20.0 Å². The van der Waals surface area contributed by atoms with Crippen molar-refractivity contribution in [1.29, 1.82) is 0 Å². The molecule has 84 valence electrons. The van der Waals surface area contributed by atoms with Crippen molar-refractivity contribution in [3.63, 3.8) is 0 Å². The average Bonchev–Trinajstić information content (AvgIpc) is 2.66. The molecule has 0 N–H and O–H groups in total. The molecule has 0 fully saturated rings. The van der Waals surface area contributed by atoms with Crippen LogP contribution in [0.1, 0.15) is 13.8 Å². The minimum atomic E-state index is 0.155. The maximum atomic E-state index is 5.82. The van der Waals surface area contributed by atoms with Gasteiger partial charge in [-0.1, -0.05) is 11.6 Å². The molecule has 0 radical (unpaired) electrons. The van der Waals surface area contributed by atoms with Gasteiger partial charge < -0.3 is 4.74 Å². The van der Waals surface area contributed by atoms with E-state index in [4.69, 9.17) is 16.3 Å². The van der Waals surface area contributed by atoms with Crippen molar-refractivity contribution in [3.8, 4) is 11.4 Å². The van der Waals surface area contributed by atoms with Crippen LogP contribution in [-0.2, 0) is 0 Å². The van der Waals surface area contributed by atoms with Gasteiger partial charge in [0.05, 0.1) is 24.2 Å². The van der Waals surface area contributed by atoms with Crippen molar-refractivity contribution in [1.82, 2.24) is 9.78 Å². The Morgan fingerprint density at radius 2 is 1.94 bits per heavy atom. The van der Waals surface area contributed by atoms with Crippen LogP contribution in [0.25, 0.3) is 5.69 Å². The van der Waals surface area contributed by atoms with Crippen LogP contribution < -0.4 is 4.74 Å². The molecule has 0 saturated heterocycles. The summed E-state index contributed by atoms with van der Waals surface area (Å²) in [6.45, 7) is 3.97. The second-order valence-corrected chi connectivity index (χ2v) is 4.20. The van der Waals surface area contributed by atoms with E-state index < -0.39 is 0 Å². The van der Waals surface area contributed by atoms with Gasteiger partial charge >= 0.3 is 0 Å². The Hall–Kier alpha value is -1.48. The van der Waals surface area contributed by atoms with E-state index in [1.54, 1.807) is 10.9 Å². The Labute approximate surface area is 99.6 Å². The topological polar surface area (TPSA) is 27.1 Å². The molecule has 1 aromatic carbocycles. The fraction of sp³-hybridized carbons (Fsp3) is 0.250. The molecule has 0 aliphatic carbocycles. The highest BCUT2D eigenvalue weighted by molar-refractivity contribution is 6.30. The number of hydrogen-bond donors (Lipinski definition) is 0. The highest BCUT2D eigenvalue weighted by Crippen LogP contribution is 2.16. The smallest absolute Gasteiger partial charge is 0.158 e. The predicted octanol–water partition coefficient (Wildman–Crippen LogP) is 3.31. The normalized spacial score (nSPS) is 10.8. The molecule has 0 unspecified atom stereocenters. The summed E-state index contributed by atoms with van der Waals surface area (Å²) in [5.41, 5.74) is 0.961. The molecule has 3 nitrogen and oxygen atoms in total. The minimum absolute atomic E-state index is 0.155. The van der Waals surface area contributed by atoms with Gasteiger partial charge in [-0.3, -0.25) is 0 Å². The average molecular weight is 237 g/mol. The maximum absolute atomic E-state index is 5.82. The second-order valence-electron chi connectivity index (χ2n) is 3.76. The summed E-state index contributed by atoms with van der Waals surface area (Å²) in [7, 11) is 0. The third-order valence-corrected chi connectivity index (χ3v) is 2.27. The summed E-state index contributed by atoms with van der Waals surface area (Å²) in [6.07, 6.45) is 3.71. The molecule has 1 heterocycles. The van der Waals surface area contributed by atoms with Gasteiger partial charge in [-0.25, -0.2) is 4.68 Å². The van der Waals surface area contributed by atoms with Gasteiger partial charge in [0, 0.05) is 5.02 Å². The van der Waals surface area contributed by atoms with E-state index in [1.807, 2.05) is 44.3 Å². The van der Waals surface area contributed by atoms with Gasteiger partial charge in [-0.15, -0.1) is 0 Å². The van der Waals surface area contributed by atoms with Crippen LogP contribution >= 0.6 is 11.6 Å². The summed E-state index contributed by atoms with van der Waals surface area (Å²) < 4.78 is 7.29. The monoisotopic (exact) mass is 236 g/mol. The number of hydrogen-bond acceptors (Lipinski definition) is 2. The molecule has 0 bridgehead atoms. The lowest BCUT2D eigenvalue weighted by molar-refractivity contribution is 0.242. The standard InChI is InChI=1S/C12H13ClN2O/c1-9(2)16-12-7-14-15(8-12)11-5-3-10(13)4-6-11/h3-9H,1-2H3. The van der Waals surface area contributed by atoms with E-state index in [0.29, 0.717) is 0 Å². The van der Waals surface area contributed by atoms with Gasteiger partial charge in [-0.2, -0.15) is 5.10 Å². The molecule has 2 rings (SSSR count). The van der Waals surface area contributed by atoms with Crippen LogP contribution in [0.2, 0.25) is 5.02 Å². The predicted molar refractivity (Wildman–Crippen MR) is 64.3 cm³/mol. The zero-order valence-corrected chi connectivity index (χ0v) is 9.98. The van der Waals surface area contributed by atoms with Crippen LogP contribution in [0.15, 0.2) is 36.7 Å². The van der Waals surface area contributed by atoms with E-state index >= 15 is 0 Å². The van der Waals surface area contributed by atoms with Gasteiger partial charge in [0.1, 0.15) is 0 Å². The molecule has 0 aliphatic rings. The molecule has 16 heavy (non-hydrogen) atoms. The lowest BCUT2D eigenvalue weighted by atomic mass is 10.3. The van der Waals surface area contributed by atoms with Gasteiger partial charge in [0.25, 0.3) is 0 Å². The summed E-state index contributed by atoms with van der Waals surface area (Å²) in [5.74, 6) is 0.768. The molecule has 4 heteroatoms. The molecular weight excluding hydrogens is 224 g/mol. The molecule has 0 saturated carbocycles. The molecule has 0 atom stereocenters. The Bertz CT molecular complexity index is 462. The van der Waals surface area contributed by atoms with Crippen molar-refractivity contribution < 1.29 is 4.74 Å². The fourth-order valence-electron chi connectivity index (χ4n) is 1.37. The summed E-state index contributed by atoms with van der Waals surface area (Å²) >= 11 is 5.82. The highest BCUT2D eigenvalue weighted by atomic mass is 35.5. The molecule has 2 aromatic rings. The fourth-order valence-corrected chi connectivity index (χ4v) is 1.50. The van der Waals surface area contributed by atoms with Crippen LogP contribution in [-0.4, -0.2) is 15.9 Å². The summed E-state index contributed by atoms with van der Waals surface area (Å²) in [6, 6.07) is 7.49. The van der Waals surface area contributed by atoms with E-state index in [-0.39, 0.29) is 6.10 Å². The summed E-state index contributed by atoms with van der Waals surface area (Å²) in [4.78, 5) is 0. The molecular formula is C12H13ClN2O. The van der Waals surface area contributed by atoms with Crippen LogP contribution in [0, 0.1) is 0 Å². The van der Waals surface area contributed by atoms with Crippen LogP contribution in [0.5, 0.6) is 5.75 Å². The third-order valence-electron chi connectivity index (χ3n) is 2.02. The second kappa shape index (κ2) is 4.58. The van der Waals surface area contributed by atoms with E-state index in [9.17, 15) is 0 Å². The first-order valence-corrected chi connectivity index (χ1v) is 5.50. The van der Waals surface area contributed by atoms with E-state index in [1.165, 1.54) is 0 Å².